The van der Waals surface area contributed by atoms with Gasteiger partial charge < -0.3 is 14.6 Å². The fourth-order valence-electron chi connectivity index (χ4n) is 0.957. The molecule has 3 nitrogen and oxygen atoms in total. The highest BCUT2D eigenvalue weighted by atomic mass is 35.5. The van der Waals surface area contributed by atoms with Crippen LogP contribution in [-0.2, 0) is 0 Å². The maximum absolute atomic E-state index is 9.17. The molecule has 0 aromatic heterocycles. The van der Waals surface area contributed by atoms with E-state index in [9.17, 15) is 5.11 Å². The largest absolute Gasteiger partial charge is 0.507 e. The monoisotopic (exact) mass is 215 g/mol. The molecule has 1 N–H and O–H groups in total. The minimum absolute atomic E-state index is 0.0340. The summed E-state index contributed by atoms with van der Waals surface area (Å²) in [6.45, 7) is 0.503. The summed E-state index contributed by atoms with van der Waals surface area (Å²) < 4.78 is 10.4. The number of ether oxygens (including phenoxy) is 2. The van der Waals surface area contributed by atoms with Crippen molar-refractivity contribution in [3.63, 3.8) is 0 Å². The zero-order valence-corrected chi connectivity index (χ0v) is 8.67. The van der Waals surface area contributed by atoms with E-state index in [1.54, 1.807) is 0 Å². The van der Waals surface area contributed by atoms with Gasteiger partial charge in [-0.3, -0.25) is 0 Å². The average molecular weight is 216 g/mol. The predicted octanol–water partition coefficient (Wildman–Crippen LogP) is 2.21. The van der Waals surface area contributed by atoms with E-state index in [2.05, 4.69) is 6.07 Å². The molecule has 4 heteroatoms. The van der Waals surface area contributed by atoms with E-state index in [-0.39, 0.29) is 5.75 Å². The van der Waals surface area contributed by atoms with Crippen molar-refractivity contribution in [1.29, 1.82) is 0 Å². The van der Waals surface area contributed by atoms with Gasteiger partial charge in [0.05, 0.1) is 13.7 Å². The van der Waals surface area contributed by atoms with Gasteiger partial charge in [0.15, 0.2) is 11.5 Å². The van der Waals surface area contributed by atoms with Crippen LogP contribution in [0.3, 0.4) is 0 Å². The molecule has 1 aromatic carbocycles. The second-order valence-corrected chi connectivity index (χ2v) is 3.02. The van der Waals surface area contributed by atoms with Crippen LogP contribution < -0.4 is 9.47 Å². The summed E-state index contributed by atoms with van der Waals surface area (Å²) in [6, 6.07) is 5.60. The molecule has 0 aliphatic carbocycles. The lowest BCUT2D eigenvalue weighted by Crippen LogP contribution is -1.99. The van der Waals surface area contributed by atoms with Crippen LogP contribution in [0.1, 0.15) is 6.42 Å². The van der Waals surface area contributed by atoms with Crippen LogP contribution in [0, 0.1) is 6.07 Å². The van der Waals surface area contributed by atoms with Crippen molar-refractivity contribution in [3.05, 3.63) is 18.2 Å². The molecular weight excluding hydrogens is 204 g/mol. The predicted molar refractivity (Wildman–Crippen MR) is 54.3 cm³/mol. The van der Waals surface area contributed by atoms with Gasteiger partial charge in [-0.1, -0.05) is 0 Å². The summed E-state index contributed by atoms with van der Waals surface area (Å²) in [6.07, 6.45) is 0.754. The van der Waals surface area contributed by atoms with Crippen molar-refractivity contribution >= 4 is 11.6 Å². The molecule has 0 saturated heterocycles. The maximum Gasteiger partial charge on any atom is 0.164 e. The van der Waals surface area contributed by atoms with Crippen LogP contribution in [0.4, 0.5) is 0 Å². The van der Waals surface area contributed by atoms with E-state index in [4.69, 9.17) is 21.1 Å². The van der Waals surface area contributed by atoms with Crippen LogP contribution in [0.25, 0.3) is 0 Å². The number of methoxy groups -OCH3 is 1. The third-order valence-corrected chi connectivity index (χ3v) is 1.88. The summed E-state index contributed by atoms with van der Waals surface area (Å²) in [4.78, 5) is 0. The van der Waals surface area contributed by atoms with Gasteiger partial charge >= 0.3 is 0 Å². The number of hydrogen-bond acceptors (Lipinski definition) is 3. The normalized spacial score (nSPS) is 9.86. The van der Waals surface area contributed by atoms with Crippen LogP contribution >= 0.6 is 11.6 Å². The van der Waals surface area contributed by atoms with Gasteiger partial charge in [-0.25, -0.2) is 0 Å². The van der Waals surface area contributed by atoms with Crippen LogP contribution in [0.5, 0.6) is 17.2 Å². The van der Waals surface area contributed by atoms with E-state index < -0.39 is 0 Å². The Balaban J connectivity index is 2.67. The van der Waals surface area contributed by atoms with Gasteiger partial charge in [-0.2, -0.15) is 0 Å². The molecular formula is C10H12ClO3. The van der Waals surface area contributed by atoms with E-state index in [1.807, 2.05) is 0 Å². The molecule has 0 amide bonds. The zero-order valence-electron chi connectivity index (χ0n) is 7.92. The molecule has 0 atom stereocenters. The number of phenols is 1. The molecule has 0 spiro atoms. The van der Waals surface area contributed by atoms with Crippen molar-refractivity contribution in [2.24, 2.45) is 0 Å². The quantitative estimate of drug-likeness (QED) is 0.605. The Morgan fingerprint density at radius 3 is 2.93 bits per heavy atom. The van der Waals surface area contributed by atoms with Crippen molar-refractivity contribution in [1.82, 2.24) is 0 Å². The first-order valence-corrected chi connectivity index (χ1v) is 4.79. The molecule has 77 valence electrons. The second-order valence-electron chi connectivity index (χ2n) is 2.64. The lowest BCUT2D eigenvalue weighted by molar-refractivity contribution is 0.293. The molecule has 1 radical (unpaired) electrons. The molecule has 0 aliphatic heterocycles. The number of alkyl halides is 1. The summed E-state index contributed by atoms with van der Waals surface area (Å²) in [5.74, 6) is 1.64. The molecule has 0 aliphatic rings. The van der Waals surface area contributed by atoms with Crippen molar-refractivity contribution < 1.29 is 14.6 Å². The Bertz CT molecular complexity index is 289. The van der Waals surface area contributed by atoms with Crippen LogP contribution in [0.2, 0.25) is 0 Å². The van der Waals surface area contributed by atoms with E-state index in [1.165, 1.54) is 19.2 Å². The van der Waals surface area contributed by atoms with Crippen LogP contribution in [0.15, 0.2) is 12.1 Å². The van der Waals surface area contributed by atoms with Gasteiger partial charge in [0, 0.05) is 18.0 Å². The molecule has 0 bridgehead atoms. The number of hydrogen-bond donors (Lipinski definition) is 1. The number of aromatic hydroxyl groups is 1. The molecule has 0 fully saturated rings. The Labute approximate surface area is 88.2 Å². The highest BCUT2D eigenvalue weighted by Crippen LogP contribution is 2.30. The van der Waals surface area contributed by atoms with Crippen molar-refractivity contribution in [2.45, 2.75) is 6.42 Å². The van der Waals surface area contributed by atoms with Gasteiger partial charge in [0.25, 0.3) is 0 Å². The fraction of sp³-hybridized carbons (Fsp3) is 0.400. The van der Waals surface area contributed by atoms with E-state index in [0.29, 0.717) is 24.0 Å². The minimum atomic E-state index is 0.0340. The summed E-state index contributed by atoms with van der Waals surface area (Å²) in [7, 11) is 1.54. The fourth-order valence-corrected chi connectivity index (χ4v) is 1.07. The third-order valence-electron chi connectivity index (χ3n) is 1.62. The Hall–Kier alpha value is -1.09. The number of rotatable bonds is 5. The lowest BCUT2D eigenvalue weighted by atomic mass is 10.3. The molecule has 0 saturated carbocycles. The molecule has 14 heavy (non-hydrogen) atoms. The third kappa shape index (κ3) is 3.00. The number of benzene rings is 1. The van der Waals surface area contributed by atoms with Crippen molar-refractivity contribution in [3.8, 4) is 17.2 Å². The first-order valence-electron chi connectivity index (χ1n) is 4.25. The molecule has 1 rings (SSSR count). The maximum atomic E-state index is 9.17. The smallest absolute Gasteiger partial charge is 0.164 e. The Morgan fingerprint density at radius 2 is 2.29 bits per heavy atom. The summed E-state index contributed by atoms with van der Waals surface area (Å²) >= 11 is 5.51. The van der Waals surface area contributed by atoms with Gasteiger partial charge in [0.1, 0.15) is 5.75 Å². The first kappa shape index (κ1) is 11.0. The first-order chi connectivity index (χ1) is 6.77. The molecule has 1 aromatic rings. The Morgan fingerprint density at radius 1 is 1.50 bits per heavy atom. The molecule has 0 unspecified atom stereocenters. The SMILES string of the molecule is COc1c[c]c(O)cc1OCCCCl. The van der Waals surface area contributed by atoms with Gasteiger partial charge in [-0.15, -0.1) is 11.6 Å². The molecule has 0 heterocycles. The van der Waals surface area contributed by atoms with Gasteiger partial charge in [-0.05, 0) is 12.5 Å². The van der Waals surface area contributed by atoms with Crippen molar-refractivity contribution in [2.75, 3.05) is 19.6 Å². The highest BCUT2D eigenvalue weighted by Gasteiger charge is 2.04. The average Bonchev–Trinajstić information content (AvgIpc) is 2.19. The summed E-state index contributed by atoms with van der Waals surface area (Å²) in [5, 5.41) is 9.17. The lowest BCUT2D eigenvalue weighted by Gasteiger charge is -2.09. The van der Waals surface area contributed by atoms with Crippen LogP contribution in [-0.4, -0.2) is 24.7 Å². The Kier molecular flexibility index (Phi) is 4.40. The number of halogens is 1. The number of phenolic OH excluding ortho intramolecular Hbond substituents is 1. The van der Waals surface area contributed by atoms with E-state index >= 15 is 0 Å². The zero-order chi connectivity index (χ0) is 10.4. The standard InChI is InChI=1S/C10H12ClO3/c1-13-9-4-3-8(12)7-10(9)14-6-2-5-11/h4,7,12H,2,5-6H2,1H3. The highest BCUT2D eigenvalue weighted by molar-refractivity contribution is 6.17. The van der Waals surface area contributed by atoms with Gasteiger partial charge in [0.2, 0.25) is 0 Å². The minimum Gasteiger partial charge on any atom is -0.507 e. The van der Waals surface area contributed by atoms with E-state index in [0.717, 1.165) is 6.42 Å². The summed E-state index contributed by atoms with van der Waals surface area (Å²) in [5.41, 5.74) is 0. The second kappa shape index (κ2) is 5.60. The topological polar surface area (TPSA) is 38.7 Å².